The second kappa shape index (κ2) is 27.5. The molecule has 0 bridgehead atoms. The molecule has 3 N–H and O–H groups in total. The molecule has 0 radical (unpaired) electrons. The quantitative estimate of drug-likeness (QED) is 0.115. The van der Waals surface area contributed by atoms with Gasteiger partial charge in [0.15, 0.2) is 0 Å². The maximum atomic E-state index is 13.9. The number of hydrogen-bond acceptors (Lipinski definition) is 14. The first-order valence-electron chi connectivity index (χ1n) is 22.3. The van der Waals surface area contributed by atoms with Gasteiger partial charge in [-0.15, -0.1) is 5.10 Å². The fraction of sp³-hybridized carbons (Fsp3) is 0.600. The van der Waals surface area contributed by atoms with E-state index < -0.39 is 5.97 Å². The number of anilines is 1. The number of carbonyl (C=O) groups excluding carboxylic acids is 3. The van der Waals surface area contributed by atoms with Gasteiger partial charge in [-0.2, -0.15) is 0 Å². The van der Waals surface area contributed by atoms with Crippen molar-refractivity contribution in [2.75, 3.05) is 151 Å². The number of methoxy groups -OCH3 is 1. The molecule has 0 unspecified atom stereocenters. The largest absolute Gasteiger partial charge is 0.480 e. The van der Waals surface area contributed by atoms with E-state index in [0.717, 1.165) is 48.6 Å². The minimum Gasteiger partial charge on any atom is -0.480 e. The average Bonchev–Trinajstić information content (AvgIpc) is 3.69. The summed E-state index contributed by atoms with van der Waals surface area (Å²) < 4.78 is 23.1. The van der Waals surface area contributed by atoms with Crippen LogP contribution in [0.4, 0.5) is 5.69 Å². The van der Waals surface area contributed by atoms with Gasteiger partial charge in [0.1, 0.15) is 5.69 Å². The first-order chi connectivity index (χ1) is 31.1. The maximum absolute atomic E-state index is 13.9. The standard InChI is InChI=1S/C45H68N10O9/c1-50-18-19-51(2)21-23-53(35-43(59)60)25-24-52(22-20-50)34-41(57)46-15-8-17-55-45-37-10-5-4-9-36(37)33-54(39-12-7-6-11-38(39)44(45)48-49-55)42(58)13-16-47-40(56)14-26-62-29-30-64-32-31-63-28-27-61-3/h4-7,9-12H,8,13-35H2,1-3H3,(H,46,57)(H,47,56)(H,59,60). The van der Waals surface area contributed by atoms with E-state index in [-0.39, 0.29) is 56.8 Å². The van der Waals surface area contributed by atoms with Crippen LogP contribution >= 0.6 is 0 Å². The Labute approximate surface area is 376 Å². The number of nitrogens with one attached hydrogen (secondary N) is 2. The number of aliphatic carboxylic acids is 1. The summed E-state index contributed by atoms with van der Waals surface area (Å²) in [6.07, 6.45) is 0.881. The number of aryl methyl sites for hydroxylation is 1. The number of benzene rings is 2. The van der Waals surface area contributed by atoms with Crippen LogP contribution < -0.4 is 15.5 Å². The molecule has 1 aromatic heterocycles. The van der Waals surface area contributed by atoms with Gasteiger partial charge >= 0.3 is 5.97 Å². The van der Waals surface area contributed by atoms with Crippen LogP contribution in [0.15, 0.2) is 48.5 Å². The number of fused-ring (bicyclic) bond motifs is 5. The average molecular weight is 893 g/mol. The van der Waals surface area contributed by atoms with Crippen LogP contribution in [0.1, 0.15) is 24.8 Å². The molecule has 2 aliphatic rings. The Morgan fingerprint density at radius 1 is 0.672 bits per heavy atom. The molecule has 64 heavy (non-hydrogen) atoms. The Kier molecular flexibility index (Phi) is 21.5. The van der Waals surface area contributed by atoms with Gasteiger partial charge in [0, 0.05) is 103 Å². The molecule has 0 atom stereocenters. The number of hydrogen-bond donors (Lipinski definition) is 3. The molecular formula is C45H68N10O9. The lowest BCUT2D eigenvalue weighted by atomic mass is 9.95. The first-order valence-corrected chi connectivity index (χ1v) is 22.3. The predicted molar refractivity (Wildman–Crippen MR) is 242 cm³/mol. The Morgan fingerprint density at radius 2 is 1.25 bits per heavy atom. The number of carboxylic acids is 1. The van der Waals surface area contributed by atoms with Gasteiger partial charge in [-0.05, 0) is 32.1 Å². The van der Waals surface area contributed by atoms with Crippen LogP contribution in [0, 0.1) is 0 Å². The van der Waals surface area contributed by atoms with Crippen LogP contribution in [0.25, 0.3) is 22.5 Å². The second-order valence-corrected chi connectivity index (χ2v) is 16.1. The molecule has 352 valence electrons. The summed E-state index contributed by atoms with van der Waals surface area (Å²) in [5.74, 6) is -1.28. The van der Waals surface area contributed by atoms with Crippen molar-refractivity contribution >= 4 is 29.4 Å². The third-order valence-corrected chi connectivity index (χ3v) is 11.2. The van der Waals surface area contributed by atoms with Crippen molar-refractivity contribution in [1.82, 2.24) is 45.2 Å². The summed E-state index contributed by atoms with van der Waals surface area (Å²) in [4.78, 5) is 61.6. The smallest absolute Gasteiger partial charge is 0.317 e. The minimum absolute atomic E-state index is 0.0307. The Balaban J connectivity index is 1.13. The molecule has 0 saturated carbocycles. The van der Waals surface area contributed by atoms with Gasteiger partial charge in [-0.3, -0.25) is 29.0 Å². The van der Waals surface area contributed by atoms with Crippen molar-refractivity contribution in [3.63, 3.8) is 0 Å². The minimum atomic E-state index is -0.855. The van der Waals surface area contributed by atoms with Crippen LogP contribution in [0.2, 0.25) is 0 Å². The van der Waals surface area contributed by atoms with E-state index in [9.17, 15) is 24.3 Å². The van der Waals surface area contributed by atoms with E-state index in [0.29, 0.717) is 103 Å². The lowest BCUT2D eigenvalue weighted by Gasteiger charge is -2.31. The van der Waals surface area contributed by atoms with Crippen LogP contribution in [0.5, 0.6) is 0 Å². The highest BCUT2D eigenvalue weighted by Crippen LogP contribution is 2.41. The number of aromatic nitrogens is 3. The number of para-hydroxylation sites is 1. The molecule has 0 spiro atoms. The summed E-state index contributed by atoms with van der Waals surface area (Å²) in [7, 11) is 5.77. The molecule has 1 saturated heterocycles. The second-order valence-electron chi connectivity index (χ2n) is 16.1. The van der Waals surface area contributed by atoms with Gasteiger partial charge in [0.25, 0.3) is 0 Å². The highest BCUT2D eigenvalue weighted by molar-refractivity contribution is 6.00. The van der Waals surface area contributed by atoms with Gasteiger partial charge in [-0.1, -0.05) is 47.7 Å². The van der Waals surface area contributed by atoms with E-state index in [2.05, 4.69) is 49.7 Å². The summed E-state index contributed by atoms with van der Waals surface area (Å²) >= 11 is 0. The molecule has 0 aliphatic carbocycles. The van der Waals surface area contributed by atoms with E-state index in [1.807, 2.05) is 58.1 Å². The van der Waals surface area contributed by atoms with Crippen molar-refractivity contribution in [3.05, 3.63) is 54.1 Å². The van der Waals surface area contributed by atoms with Gasteiger partial charge in [-0.25, -0.2) is 4.68 Å². The van der Waals surface area contributed by atoms with E-state index >= 15 is 0 Å². The monoisotopic (exact) mass is 893 g/mol. The highest BCUT2D eigenvalue weighted by Gasteiger charge is 2.29. The van der Waals surface area contributed by atoms with Crippen molar-refractivity contribution < 1.29 is 43.2 Å². The fourth-order valence-corrected chi connectivity index (χ4v) is 7.49. The van der Waals surface area contributed by atoms with Crippen LogP contribution in [-0.2, 0) is 51.2 Å². The molecule has 5 rings (SSSR count). The number of likely N-dealkylation sites (N-methyl/N-ethyl adjacent to an activating group) is 2. The van der Waals surface area contributed by atoms with Crippen LogP contribution in [0.3, 0.4) is 0 Å². The molecule has 1 fully saturated rings. The molecular weight excluding hydrogens is 825 g/mol. The van der Waals surface area contributed by atoms with Crippen molar-refractivity contribution in [2.45, 2.75) is 32.4 Å². The Morgan fingerprint density at radius 3 is 1.94 bits per heavy atom. The van der Waals surface area contributed by atoms with Crippen molar-refractivity contribution in [1.29, 1.82) is 0 Å². The molecule has 3 heterocycles. The molecule has 3 amide bonds. The third-order valence-electron chi connectivity index (χ3n) is 11.2. The summed E-state index contributed by atoms with van der Waals surface area (Å²) in [6, 6.07) is 15.6. The SMILES string of the molecule is COCCOCCOCCOCCC(=O)NCCC(=O)N1Cc2ccccc2-c2c(nnn2CCCNC(=O)CN2CCN(C)CCN(C)CCN(CC(=O)O)CC2)-c2ccccc21. The van der Waals surface area contributed by atoms with E-state index in [1.165, 1.54) is 0 Å². The number of rotatable bonds is 23. The van der Waals surface area contributed by atoms with Crippen molar-refractivity contribution in [2.24, 2.45) is 0 Å². The number of nitrogens with zero attached hydrogens (tertiary/aromatic N) is 8. The normalized spacial score (nSPS) is 15.8. The number of carboxylic acid groups (broad SMARTS) is 1. The zero-order chi connectivity index (χ0) is 45.5. The van der Waals surface area contributed by atoms with Crippen molar-refractivity contribution in [3.8, 4) is 22.5 Å². The predicted octanol–water partition coefficient (Wildman–Crippen LogP) is 1.12. The molecule has 3 aromatic rings. The van der Waals surface area contributed by atoms with Gasteiger partial charge < -0.3 is 49.4 Å². The maximum Gasteiger partial charge on any atom is 0.317 e. The molecule has 19 heteroatoms. The molecule has 2 aliphatic heterocycles. The first kappa shape index (κ1) is 50.1. The lowest BCUT2D eigenvalue weighted by Crippen LogP contribution is -2.47. The Hall–Kier alpha value is -4.86. The summed E-state index contributed by atoms with van der Waals surface area (Å²) in [6.45, 7) is 10.5. The number of amides is 3. The molecule has 2 aromatic carbocycles. The topological polar surface area (TPSA) is 196 Å². The molecule has 19 nitrogen and oxygen atoms in total. The highest BCUT2D eigenvalue weighted by atomic mass is 16.6. The fourth-order valence-electron chi connectivity index (χ4n) is 7.49. The zero-order valence-corrected chi connectivity index (χ0v) is 37.9. The summed E-state index contributed by atoms with van der Waals surface area (Å²) in [5.41, 5.74) is 4.82. The number of ether oxygens (including phenoxy) is 4. The zero-order valence-electron chi connectivity index (χ0n) is 37.9. The number of carbonyl (C=O) groups is 4. The lowest BCUT2D eigenvalue weighted by molar-refractivity contribution is -0.138. The van der Waals surface area contributed by atoms with E-state index in [1.54, 1.807) is 12.0 Å². The Bertz CT molecular complexity index is 1920. The van der Waals surface area contributed by atoms with Gasteiger partial charge in [0.05, 0.1) is 77.3 Å². The van der Waals surface area contributed by atoms with E-state index in [4.69, 9.17) is 18.9 Å². The van der Waals surface area contributed by atoms with Gasteiger partial charge in [0.2, 0.25) is 17.7 Å². The summed E-state index contributed by atoms with van der Waals surface area (Å²) in [5, 5.41) is 24.7. The third kappa shape index (κ3) is 16.6. The van der Waals surface area contributed by atoms with Crippen LogP contribution in [-0.4, -0.2) is 209 Å².